The smallest absolute Gasteiger partial charge is 0.410 e. The Hall–Kier alpha value is -8.84. The highest BCUT2D eigenvalue weighted by Crippen LogP contribution is 2.43. The lowest BCUT2D eigenvalue weighted by Gasteiger charge is -2.47. The number of likely N-dealkylation sites (N-methyl/N-ethyl adjacent to an activating group) is 1. The van der Waals surface area contributed by atoms with Crippen LogP contribution in [-0.2, 0) is 56.6 Å². The van der Waals surface area contributed by atoms with Crippen molar-refractivity contribution >= 4 is 70.4 Å². The molecule has 0 saturated carbocycles. The first-order chi connectivity index (χ1) is 44.2. The maximum Gasteiger partial charge on any atom is 0.410 e. The summed E-state index contributed by atoms with van der Waals surface area (Å²) in [5, 5.41) is 21.5. The van der Waals surface area contributed by atoms with Crippen molar-refractivity contribution in [3.63, 3.8) is 0 Å². The monoisotopic (exact) mass is 1280 g/mol. The van der Waals surface area contributed by atoms with Gasteiger partial charge < -0.3 is 55.3 Å². The number of rotatable bonds is 17. The van der Waals surface area contributed by atoms with Gasteiger partial charge in [-0.2, -0.15) is 0 Å². The molecule has 24 heteroatoms. The average molecular weight is 1280 g/mol. The number of carbonyl (C=O) groups excluding carboxylic acids is 7. The molecule has 494 valence electrons. The van der Waals surface area contributed by atoms with E-state index in [1.165, 1.54) is 48.0 Å². The van der Waals surface area contributed by atoms with Gasteiger partial charge in [-0.15, -0.1) is 0 Å². The Morgan fingerprint density at radius 2 is 1.47 bits per heavy atom. The van der Waals surface area contributed by atoms with E-state index in [1.807, 2.05) is 30.0 Å². The highest BCUT2D eigenvalue weighted by molar-refractivity contribution is 6.08. The Morgan fingerprint density at radius 1 is 0.785 bits per heavy atom. The van der Waals surface area contributed by atoms with Gasteiger partial charge in [0, 0.05) is 100 Å². The van der Waals surface area contributed by atoms with Crippen molar-refractivity contribution in [2.45, 2.75) is 122 Å². The first kappa shape index (κ1) is 67.1. The molecule has 5 aromatic carbocycles. The van der Waals surface area contributed by atoms with Gasteiger partial charge in [0.05, 0.1) is 30.9 Å². The zero-order valence-electron chi connectivity index (χ0n) is 53.7. The molecule has 0 aromatic heterocycles. The maximum absolute atomic E-state index is 15.8. The number of amides is 8. The van der Waals surface area contributed by atoms with E-state index in [0.717, 1.165) is 22.1 Å². The SMILES string of the molecule is CC1COCCN1C[C@H]1CN(C(=O)O)[C@H](C)CN1CC(=O)N1CC(C)(C(=O)Nc2ccc(NC(=O)c3ccc(F)c(NC(=O)[C@@H]4c5ccccc5CN4C(=O)C(NC(=O)C(C)N(C)C(=O)OC(C)(C)C)C4CCOCC4)c3)cc2)c2ccc(Cc3ccc(F)cc3)cc21. The van der Waals surface area contributed by atoms with Crippen LogP contribution in [0.1, 0.15) is 106 Å². The lowest BCUT2D eigenvalue weighted by Crippen LogP contribution is -2.64. The molecule has 3 fully saturated rings. The van der Waals surface area contributed by atoms with Crippen LogP contribution in [0.3, 0.4) is 0 Å². The third-order valence-electron chi connectivity index (χ3n) is 18.4. The van der Waals surface area contributed by atoms with Crippen LogP contribution >= 0.6 is 0 Å². The van der Waals surface area contributed by atoms with Crippen LogP contribution in [0, 0.1) is 17.6 Å². The zero-order valence-corrected chi connectivity index (χ0v) is 53.7. The van der Waals surface area contributed by atoms with Crippen LogP contribution in [0.5, 0.6) is 0 Å². The minimum Gasteiger partial charge on any atom is -0.465 e. The highest BCUT2D eigenvalue weighted by Gasteiger charge is 2.49. The second-order valence-corrected chi connectivity index (χ2v) is 26.2. The molecule has 93 heavy (non-hydrogen) atoms. The third-order valence-corrected chi connectivity index (χ3v) is 18.4. The van der Waals surface area contributed by atoms with Crippen LogP contribution in [0.25, 0.3) is 0 Å². The van der Waals surface area contributed by atoms with Gasteiger partial charge in [-0.1, -0.05) is 48.5 Å². The average Bonchev–Trinajstić information content (AvgIpc) is 1.61. The third kappa shape index (κ3) is 15.3. The van der Waals surface area contributed by atoms with E-state index >= 15 is 4.39 Å². The van der Waals surface area contributed by atoms with Gasteiger partial charge >= 0.3 is 12.2 Å². The van der Waals surface area contributed by atoms with Gasteiger partial charge in [0.25, 0.3) is 11.8 Å². The predicted molar refractivity (Wildman–Crippen MR) is 343 cm³/mol. The standard InChI is InChI=1S/C69H82F2N10O12/c1-41-34-78(52(37-79(41)66(88)89)36-77-27-30-92-39-42(77)2)38-58(82)81-40-69(7,54-23-15-45(32-57(54)81)31-44-13-17-49(70)18-14-44)65(87)73-51-21-19-50(20-22-51)72-62(84)47-16-24-55(71)56(33-47)74-63(85)60-53-12-10-9-11-48(53)35-80(60)64(86)59(46-25-28-91-29-26-46)75-61(83)43(3)76(8)67(90)93-68(4,5)6/h9-24,32-33,41-43,46,52,59-60H,25-31,34-40H2,1-8H3,(H,72,84)(H,73,87)(H,74,85)(H,75,83)(H,88,89)/t41-,42?,43?,52+,59?,60+,69?/m1/s1. The van der Waals surface area contributed by atoms with Crippen molar-refractivity contribution in [2.75, 3.05) is 93.6 Å². The van der Waals surface area contributed by atoms with Crippen LogP contribution < -0.4 is 26.2 Å². The first-order valence-electron chi connectivity index (χ1n) is 31.5. The van der Waals surface area contributed by atoms with Gasteiger partial charge in [-0.3, -0.25) is 43.5 Å². The number of carbonyl (C=O) groups is 8. The summed E-state index contributed by atoms with van der Waals surface area (Å²) in [6, 6.07) is 24.5. The topological polar surface area (TPSA) is 252 Å². The van der Waals surface area contributed by atoms with Gasteiger partial charge in [0.15, 0.2) is 0 Å². The highest BCUT2D eigenvalue weighted by atomic mass is 19.1. The minimum absolute atomic E-state index is 0.00770. The zero-order chi connectivity index (χ0) is 66.6. The molecule has 5 aromatic rings. The number of nitrogens with zero attached hydrogens (tertiary/aromatic N) is 6. The summed E-state index contributed by atoms with van der Waals surface area (Å²) < 4.78 is 46.5. The summed E-state index contributed by atoms with van der Waals surface area (Å²) in [4.78, 5) is 122. The quantitative estimate of drug-likeness (QED) is 0.0592. The lowest BCUT2D eigenvalue weighted by atomic mass is 9.83. The summed E-state index contributed by atoms with van der Waals surface area (Å²) in [6.07, 6.45) is -0.489. The van der Waals surface area contributed by atoms with E-state index in [4.69, 9.17) is 14.2 Å². The molecular formula is C69H82F2N10O12. The number of piperazine rings is 1. The van der Waals surface area contributed by atoms with Crippen LogP contribution in [-0.4, -0.2) is 186 Å². The van der Waals surface area contributed by atoms with Gasteiger partial charge in [-0.05, 0) is 162 Å². The molecule has 5 aliphatic heterocycles. The number of halogens is 2. The minimum atomic E-state index is -1.28. The van der Waals surface area contributed by atoms with E-state index in [0.29, 0.717) is 99.1 Å². The Bertz CT molecular complexity index is 3640. The molecule has 4 unspecified atom stereocenters. The molecule has 5 aliphatic rings. The summed E-state index contributed by atoms with van der Waals surface area (Å²) in [5.41, 5.74) is 2.20. The second kappa shape index (κ2) is 28.2. The van der Waals surface area contributed by atoms with E-state index in [9.17, 15) is 47.9 Å². The molecule has 0 radical (unpaired) electrons. The molecule has 10 rings (SSSR count). The Kier molecular flexibility index (Phi) is 20.3. The predicted octanol–water partition coefficient (Wildman–Crippen LogP) is 8.01. The van der Waals surface area contributed by atoms with Crippen molar-refractivity contribution in [3.8, 4) is 0 Å². The summed E-state index contributed by atoms with van der Waals surface area (Å²) in [5.74, 6) is -4.92. The number of nitrogens with one attached hydrogen (secondary N) is 4. The first-order valence-corrected chi connectivity index (χ1v) is 31.5. The molecule has 0 spiro atoms. The van der Waals surface area contributed by atoms with Gasteiger partial charge in [0.1, 0.15) is 35.4 Å². The van der Waals surface area contributed by atoms with Crippen molar-refractivity contribution in [3.05, 3.63) is 154 Å². The Balaban J connectivity index is 0.824. The second-order valence-electron chi connectivity index (χ2n) is 26.2. The number of carboxylic acid groups (broad SMARTS) is 1. The molecule has 5 heterocycles. The largest absolute Gasteiger partial charge is 0.465 e. The number of morpholine rings is 1. The van der Waals surface area contributed by atoms with Crippen molar-refractivity contribution in [2.24, 2.45) is 5.92 Å². The molecule has 0 aliphatic carbocycles. The molecule has 5 N–H and O–H groups in total. The fourth-order valence-electron chi connectivity index (χ4n) is 12.9. The van der Waals surface area contributed by atoms with Gasteiger partial charge in [0.2, 0.25) is 23.6 Å². The van der Waals surface area contributed by atoms with Gasteiger partial charge in [-0.25, -0.2) is 18.4 Å². The van der Waals surface area contributed by atoms with E-state index in [2.05, 4.69) is 33.1 Å². The molecule has 0 bridgehead atoms. The molecule has 22 nitrogen and oxygen atoms in total. The Labute approximate surface area is 539 Å². The van der Waals surface area contributed by atoms with E-state index in [-0.39, 0.29) is 61.2 Å². The number of anilines is 4. The van der Waals surface area contributed by atoms with E-state index < -0.39 is 88.6 Å². The van der Waals surface area contributed by atoms with Crippen LogP contribution in [0.15, 0.2) is 109 Å². The summed E-state index contributed by atoms with van der Waals surface area (Å²) >= 11 is 0. The van der Waals surface area contributed by atoms with Crippen molar-refractivity contribution < 1.29 is 66.5 Å². The normalized spacial score (nSPS) is 21.6. The van der Waals surface area contributed by atoms with Crippen LogP contribution in [0.2, 0.25) is 0 Å². The Morgan fingerprint density at radius 3 is 2.16 bits per heavy atom. The van der Waals surface area contributed by atoms with Crippen LogP contribution in [0.4, 0.5) is 41.1 Å². The number of hydrogen-bond donors (Lipinski definition) is 5. The van der Waals surface area contributed by atoms with E-state index in [1.54, 1.807) is 93.3 Å². The number of hydrogen-bond acceptors (Lipinski definition) is 13. The lowest BCUT2D eigenvalue weighted by molar-refractivity contribution is -0.144. The van der Waals surface area contributed by atoms with Crippen molar-refractivity contribution in [1.29, 1.82) is 0 Å². The molecule has 8 amide bonds. The molecule has 3 saturated heterocycles. The summed E-state index contributed by atoms with van der Waals surface area (Å²) in [7, 11) is 1.43. The fourth-order valence-corrected chi connectivity index (χ4v) is 12.9. The number of benzene rings is 5. The summed E-state index contributed by atoms with van der Waals surface area (Å²) in [6.45, 7) is 15.7. The fraction of sp³-hybridized carbons (Fsp3) is 0.449. The maximum atomic E-state index is 15.8. The molecule has 7 atom stereocenters. The number of ether oxygens (including phenoxy) is 3. The van der Waals surface area contributed by atoms with Crippen molar-refractivity contribution in [1.82, 2.24) is 29.8 Å². The molecular weight excluding hydrogens is 1200 g/mol. The number of fused-ring (bicyclic) bond motifs is 2.